The first-order chi connectivity index (χ1) is 11.4. The molecule has 132 valence electrons. The molecule has 1 N–H and O–H groups in total. The molecule has 4 heteroatoms. The highest BCUT2D eigenvalue weighted by Gasteiger charge is 2.29. The number of hydrogen-bond acceptors (Lipinski definition) is 3. The van der Waals surface area contributed by atoms with Gasteiger partial charge in [-0.25, -0.2) is 0 Å². The van der Waals surface area contributed by atoms with E-state index in [0.29, 0.717) is 18.6 Å². The summed E-state index contributed by atoms with van der Waals surface area (Å²) in [5.74, 6) is 0.306. The van der Waals surface area contributed by atoms with Gasteiger partial charge in [0.2, 0.25) is 5.91 Å². The third-order valence-electron chi connectivity index (χ3n) is 4.97. The van der Waals surface area contributed by atoms with E-state index >= 15 is 0 Å². The SMILES string of the molecule is C=CCN1C[C@H](C)N(CC(=O)NC2=C(C)C=CC=CC2C)CC1C. The first-order valence-corrected chi connectivity index (χ1v) is 8.86. The lowest BCUT2D eigenvalue weighted by molar-refractivity contribution is -0.123. The smallest absolute Gasteiger partial charge is 0.238 e. The van der Waals surface area contributed by atoms with Crippen LogP contribution in [0.5, 0.6) is 0 Å². The Morgan fingerprint density at radius 1 is 1.25 bits per heavy atom. The molecule has 2 aliphatic rings. The van der Waals surface area contributed by atoms with E-state index in [-0.39, 0.29) is 11.8 Å². The van der Waals surface area contributed by atoms with Crippen LogP contribution in [0.15, 0.2) is 48.2 Å². The van der Waals surface area contributed by atoms with Crippen molar-refractivity contribution in [2.24, 2.45) is 5.92 Å². The van der Waals surface area contributed by atoms with Crippen molar-refractivity contribution in [3.63, 3.8) is 0 Å². The molecule has 1 amide bonds. The second-order valence-electron chi connectivity index (χ2n) is 7.05. The standard InChI is InChI=1S/C20H31N3O/c1-6-11-22-12-18(5)23(13-17(22)4)14-19(24)21-20-15(2)9-7-8-10-16(20)3/h6-10,15,17-18H,1,11-14H2,2-5H3,(H,21,24)/t15?,17?,18-/m0/s1. The summed E-state index contributed by atoms with van der Waals surface area (Å²) in [4.78, 5) is 17.3. The molecule has 1 aliphatic carbocycles. The molecule has 1 aliphatic heterocycles. The van der Waals surface area contributed by atoms with Crippen molar-refractivity contribution in [1.82, 2.24) is 15.1 Å². The van der Waals surface area contributed by atoms with Gasteiger partial charge < -0.3 is 5.32 Å². The van der Waals surface area contributed by atoms with Crippen LogP contribution in [0.25, 0.3) is 0 Å². The summed E-state index contributed by atoms with van der Waals surface area (Å²) in [6.45, 7) is 15.7. The van der Waals surface area contributed by atoms with Gasteiger partial charge in [0.1, 0.15) is 0 Å². The van der Waals surface area contributed by atoms with E-state index in [1.54, 1.807) is 0 Å². The highest BCUT2D eigenvalue weighted by molar-refractivity contribution is 5.80. The second kappa shape index (κ2) is 8.45. The molecular formula is C20H31N3O. The average Bonchev–Trinajstić information content (AvgIpc) is 2.67. The summed E-state index contributed by atoms with van der Waals surface area (Å²) >= 11 is 0. The van der Waals surface area contributed by atoms with Crippen LogP contribution in [0.4, 0.5) is 0 Å². The zero-order valence-corrected chi connectivity index (χ0v) is 15.5. The molecule has 0 spiro atoms. The summed E-state index contributed by atoms with van der Waals surface area (Å²) in [5, 5.41) is 3.14. The van der Waals surface area contributed by atoms with Gasteiger partial charge >= 0.3 is 0 Å². The molecule has 0 radical (unpaired) electrons. The minimum absolute atomic E-state index is 0.0797. The Balaban J connectivity index is 1.96. The van der Waals surface area contributed by atoms with Crippen molar-refractivity contribution in [1.29, 1.82) is 0 Å². The number of nitrogens with one attached hydrogen (secondary N) is 1. The van der Waals surface area contributed by atoms with Gasteiger partial charge in [0.15, 0.2) is 0 Å². The zero-order chi connectivity index (χ0) is 17.7. The van der Waals surface area contributed by atoms with Gasteiger partial charge in [-0.3, -0.25) is 14.6 Å². The average molecular weight is 329 g/mol. The van der Waals surface area contributed by atoms with Crippen LogP contribution in [-0.2, 0) is 4.79 Å². The Hall–Kier alpha value is -1.65. The predicted molar refractivity (Wildman–Crippen MR) is 101 cm³/mol. The van der Waals surface area contributed by atoms with E-state index in [1.165, 1.54) is 0 Å². The topological polar surface area (TPSA) is 35.6 Å². The van der Waals surface area contributed by atoms with E-state index in [4.69, 9.17) is 0 Å². The Kier molecular flexibility index (Phi) is 6.58. The van der Waals surface area contributed by atoms with Crippen molar-refractivity contribution in [2.75, 3.05) is 26.2 Å². The molecule has 1 fully saturated rings. The Bertz CT molecular complexity index is 561. The monoisotopic (exact) mass is 329 g/mol. The lowest BCUT2D eigenvalue weighted by atomic mass is 10.0. The molecule has 3 atom stereocenters. The van der Waals surface area contributed by atoms with Gasteiger partial charge in [-0.05, 0) is 26.3 Å². The maximum absolute atomic E-state index is 12.6. The van der Waals surface area contributed by atoms with Crippen molar-refractivity contribution in [2.45, 2.75) is 39.8 Å². The van der Waals surface area contributed by atoms with Crippen LogP contribution >= 0.6 is 0 Å². The van der Waals surface area contributed by atoms with Crippen LogP contribution < -0.4 is 5.32 Å². The highest BCUT2D eigenvalue weighted by Crippen LogP contribution is 2.19. The Labute approximate surface area is 146 Å². The van der Waals surface area contributed by atoms with Gasteiger partial charge in [-0.15, -0.1) is 6.58 Å². The Morgan fingerprint density at radius 3 is 2.62 bits per heavy atom. The summed E-state index contributed by atoms with van der Waals surface area (Å²) < 4.78 is 0. The minimum Gasteiger partial charge on any atom is -0.328 e. The van der Waals surface area contributed by atoms with E-state index in [1.807, 2.05) is 31.2 Å². The van der Waals surface area contributed by atoms with Crippen molar-refractivity contribution in [3.8, 4) is 0 Å². The van der Waals surface area contributed by atoms with Crippen LogP contribution in [0.1, 0.15) is 27.7 Å². The van der Waals surface area contributed by atoms with Gasteiger partial charge in [0.05, 0.1) is 6.54 Å². The fraction of sp³-hybridized carbons (Fsp3) is 0.550. The van der Waals surface area contributed by atoms with E-state index in [9.17, 15) is 4.79 Å². The molecule has 0 aromatic carbocycles. The maximum Gasteiger partial charge on any atom is 0.238 e. The summed E-state index contributed by atoms with van der Waals surface area (Å²) in [7, 11) is 0. The van der Waals surface area contributed by atoms with Gasteiger partial charge in [0, 0.05) is 43.3 Å². The molecule has 2 unspecified atom stereocenters. The Morgan fingerprint density at radius 2 is 1.92 bits per heavy atom. The van der Waals surface area contributed by atoms with Crippen LogP contribution in [0.3, 0.4) is 0 Å². The first-order valence-electron chi connectivity index (χ1n) is 8.86. The number of carbonyl (C=O) groups is 1. The highest BCUT2D eigenvalue weighted by atomic mass is 16.2. The van der Waals surface area contributed by atoms with E-state index in [2.05, 4.69) is 48.5 Å². The fourth-order valence-electron chi connectivity index (χ4n) is 3.47. The normalized spacial score (nSPS) is 28.8. The van der Waals surface area contributed by atoms with Crippen LogP contribution in [0.2, 0.25) is 0 Å². The molecular weight excluding hydrogens is 298 g/mol. The molecule has 4 nitrogen and oxygen atoms in total. The summed E-state index contributed by atoms with van der Waals surface area (Å²) in [5.41, 5.74) is 2.13. The van der Waals surface area contributed by atoms with Crippen LogP contribution in [0, 0.1) is 5.92 Å². The molecule has 1 saturated heterocycles. The van der Waals surface area contributed by atoms with E-state index in [0.717, 1.165) is 30.9 Å². The molecule has 1 heterocycles. The molecule has 2 rings (SSSR count). The van der Waals surface area contributed by atoms with Crippen molar-refractivity contribution >= 4 is 5.91 Å². The van der Waals surface area contributed by atoms with Gasteiger partial charge in [-0.1, -0.05) is 37.3 Å². The predicted octanol–water partition coefficient (Wildman–Crippen LogP) is 2.72. The number of rotatable bonds is 5. The zero-order valence-electron chi connectivity index (χ0n) is 15.5. The quantitative estimate of drug-likeness (QED) is 0.788. The third kappa shape index (κ3) is 4.68. The lowest BCUT2D eigenvalue weighted by Gasteiger charge is -2.43. The number of piperazine rings is 1. The molecule has 0 aromatic heterocycles. The number of hydrogen-bond donors (Lipinski definition) is 1. The third-order valence-corrected chi connectivity index (χ3v) is 4.97. The van der Waals surface area contributed by atoms with Gasteiger partial charge in [0.25, 0.3) is 0 Å². The molecule has 0 bridgehead atoms. The summed E-state index contributed by atoms with van der Waals surface area (Å²) in [6, 6.07) is 0.809. The first kappa shape index (κ1) is 18.7. The lowest BCUT2D eigenvalue weighted by Crippen LogP contribution is -2.58. The second-order valence-corrected chi connectivity index (χ2v) is 7.05. The molecule has 24 heavy (non-hydrogen) atoms. The van der Waals surface area contributed by atoms with Gasteiger partial charge in [-0.2, -0.15) is 0 Å². The van der Waals surface area contributed by atoms with Crippen molar-refractivity contribution < 1.29 is 4.79 Å². The fourth-order valence-corrected chi connectivity index (χ4v) is 3.47. The van der Waals surface area contributed by atoms with Crippen molar-refractivity contribution in [3.05, 3.63) is 48.2 Å². The number of nitrogens with zero attached hydrogens (tertiary/aromatic N) is 2. The van der Waals surface area contributed by atoms with E-state index < -0.39 is 0 Å². The minimum atomic E-state index is 0.0797. The molecule has 0 saturated carbocycles. The maximum atomic E-state index is 12.6. The molecule has 0 aromatic rings. The summed E-state index contributed by atoms with van der Waals surface area (Å²) in [6.07, 6.45) is 10.2. The number of carbonyl (C=O) groups excluding carboxylic acids is 1. The van der Waals surface area contributed by atoms with Crippen LogP contribution in [-0.4, -0.2) is 54.0 Å². The number of allylic oxidation sites excluding steroid dienone is 5. The largest absolute Gasteiger partial charge is 0.328 e. The number of amides is 1.